The molecule has 0 saturated heterocycles. The number of methoxy groups -OCH3 is 1. The fraction of sp³-hybridized carbons (Fsp3) is 0.462. The maximum atomic E-state index is 5.10. The molecule has 0 fully saturated rings. The molecule has 2 heterocycles. The summed E-state index contributed by atoms with van der Waals surface area (Å²) < 4.78 is 5.10. The number of hydrogen-bond acceptors (Lipinski definition) is 2. The Bertz CT molecular complexity index is 407. The molecule has 0 radical (unpaired) electrons. The number of fused-ring (bicyclic) bond motifs is 1. The number of nitrogens with zero attached hydrogens (tertiary/aromatic N) is 1. The minimum absolute atomic E-state index is 0.653. The lowest BCUT2D eigenvalue weighted by Crippen LogP contribution is -1.89. The van der Waals surface area contributed by atoms with E-state index in [1.807, 2.05) is 53.1 Å². The fourth-order valence-corrected chi connectivity index (χ4v) is 1.32. The molecule has 0 aliphatic heterocycles. The van der Waals surface area contributed by atoms with Gasteiger partial charge >= 0.3 is 0 Å². The second kappa shape index (κ2) is 7.74. The number of rotatable bonds is 1. The third kappa shape index (κ3) is 2.99. The van der Waals surface area contributed by atoms with Gasteiger partial charge in [0, 0.05) is 17.8 Å². The van der Waals surface area contributed by atoms with Crippen LogP contribution in [0.15, 0.2) is 18.5 Å². The number of nitrogens with one attached hydrogen (secondary N) is 1. The van der Waals surface area contributed by atoms with Crippen LogP contribution < -0.4 is 4.74 Å². The summed E-state index contributed by atoms with van der Waals surface area (Å²) in [6.45, 7) is 10.0. The summed E-state index contributed by atoms with van der Waals surface area (Å²) in [6.07, 6.45) is 3.71. The number of aromatic amines is 1. The number of H-pyrrole nitrogens is 1. The first kappa shape index (κ1) is 14.5. The second-order valence-corrected chi connectivity index (χ2v) is 2.72. The number of aryl methyl sites for hydroxylation is 1. The lowest BCUT2D eigenvalue weighted by Gasteiger charge is -2.01. The molecule has 2 rings (SSSR count). The molecule has 2 aromatic rings. The molecule has 0 unspecified atom stereocenters. The third-order valence-electron chi connectivity index (χ3n) is 1.95. The molecular weight excluding hydrogens is 200 g/mol. The van der Waals surface area contributed by atoms with Crippen molar-refractivity contribution < 1.29 is 4.74 Å². The highest BCUT2D eigenvalue weighted by molar-refractivity contribution is 5.86. The first-order valence-electron chi connectivity index (χ1n) is 5.79. The van der Waals surface area contributed by atoms with Crippen molar-refractivity contribution in [3.05, 3.63) is 24.0 Å². The Morgan fingerprint density at radius 2 is 1.81 bits per heavy atom. The van der Waals surface area contributed by atoms with Crippen LogP contribution in [0.25, 0.3) is 10.9 Å². The van der Waals surface area contributed by atoms with Crippen molar-refractivity contribution in [1.82, 2.24) is 9.97 Å². The quantitative estimate of drug-likeness (QED) is 0.793. The van der Waals surface area contributed by atoms with Crippen molar-refractivity contribution in [3.63, 3.8) is 0 Å². The predicted molar refractivity (Wildman–Crippen MR) is 70.1 cm³/mol. The van der Waals surface area contributed by atoms with E-state index < -0.39 is 0 Å². The molecule has 0 aromatic carbocycles. The van der Waals surface area contributed by atoms with Gasteiger partial charge in [-0.1, -0.05) is 27.7 Å². The average Bonchev–Trinajstić information content (AvgIpc) is 2.85. The van der Waals surface area contributed by atoms with Crippen LogP contribution in [0.1, 0.15) is 33.3 Å². The molecule has 0 atom stereocenters. The fourth-order valence-electron chi connectivity index (χ4n) is 1.32. The molecule has 3 heteroatoms. The van der Waals surface area contributed by atoms with Crippen LogP contribution in [0.2, 0.25) is 0 Å². The Morgan fingerprint density at radius 3 is 2.38 bits per heavy atom. The van der Waals surface area contributed by atoms with Gasteiger partial charge in [0.2, 0.25) is 5.88 Å². The molecule has 0 aliphatic carbocycles. The van der Waals surface area contributed by atoms with Gasteiger partial charge < -0.3 is 9.72 Å². The van der Waals surface area contributed by atoms with Gasteiger partial charge in [-0.05, 0) is 18.6 Å². The van der Waals surface area contributed by atoms with E-state index in [1.165, 1.54) is 5.39 Å². The van der Waals surface area contributed by atoms with Crippen LogP contribution in [-0.4, -0.2) is 17.1 Å². The van der Waals surface area contributed by atoms with Crippen molar-refractivity contribution in [2.45, 2.75) is 34.6 Å². The Morgan fingerprint density at radius 1 is 1.19 bits per heavy atom. The molecule has 0 bridgehead atoms. The van der Waals surface area contributed by atoms with Crippen molar-refractivity contribution >= 4 is 10.9 Å². The monoisotopic (exact) mass is 222 g/mol. The maximum Gasteiger partial charge on any atom is 0.238 e. The highest BCUT2D eigenvalue weighted by Gasteiger charge is 2.04. The zero-order valence-corrected chi connectivity index (χ0v) is 11.1. The molecule has 0 amide bonds. The highest BCUT2D eigenvalue weighted by Crippen LogP contribution is 2.23. The highest BCUT2D eigenvalue weighted by atomic mass is 16.5. The van der Waals surface area contributed by atoms with Crippen molar-refractivity contribution in [3.8, 4) is 5.88 Å². The smallest absolute Gasteiger partial charge is 0.238 e. The Hall–Kier alpha value is -1.51. The van der Waals surface area contributed by atoms with E-state index in [0.29, 0.717) is 5.88 Å². The maximum absolute atomic E-state index is 5.10. The first-order valence-corrected chi connectivity index (χ1v) is 5.79. The van der Waals surface area contributed by atoms with Crippen molar-refractivity contribution in [1.29, 1.82) is 0 Å². The summed E-state index contributed by atoms with van der Waals surface area (Å²) in [4.78, 5) is 7.24. The van der Waals surface area contributed by atoms with Crippen LogP contribution >= 0.6 is 0 Å². The molecule has 90 valence electrons. The largest absolute Gasteiger partial charge is 0.479 e. The Kier molecular flexibility index (Phi) is 7.01. The van der Waals surface area contributed by atoms with Gasteiger partial charge in [-0.3, -0.25) is 0 Å². The molecule has 16 heavy (non-hydrogen) atoms. The number of hydrogen-bond donors (Lipinski definition) is 1. The van der Waals surface area contributed by atoms with Gasteiger partial charge in [0.25, 0.3) is 0 Å². The van der Waals surface area contributed by atoms with Crippen molar-refractivity contribution in [2.24, 2.45) is 0 Å². The molecule has 1 N–H and O–H groups in total. The second-order valence-electron chi connectivity index (χ2n) is 2.72. The Labute approximate surface area is 97.9 Å². The van der Waals surface area contributed by atoms with E-state index >= 15 is 0 Å². The van der Waals surface area contributed by atoms with E-state index in [4.69, 9.17) is 4.74 Å². The lowest BCUT2D eigenvalue weighted by atomic mass is 10.2. The Balaban J connectivity index is 0.000000509. The molecule has 0 spiro atoms. The number of aromatic nitrogens is 2. The predicted octanol–water partition coefficient (Wildman–Crippen LogP) is 3.93. The van der Waals surface area contributed by atoms with E-state index in [1.54, 1.807) is 7.11 Å². The van der Waals surface area contributed by atoms with E-state index in [0.717, 1.165) is 11.1 Å². The topological polar surface area (TPSA) is 37.9 Å². The van der Waals surface area contributed by atoms with Gasteiger partial charge in [0.05, 0.1) is 7.11 Å². The first-order chi connectivity index (χ1) is 7.83. The normalized spacial score (nSPS) is 8.62. The van der Waals surface area contributed by atoms with E-state index in [2.05, 4.69) is 9.97 Å². The minimum atomic E-state index is 0.653. The summed E-state index contributed by atoms with van der Waals surface area (Å²) in [7, 11) is 1.62. The van der Waals surface area contributed by atoms with E-state index in [-0.39, 0.29) is 0 Å². The van der Waals surface area contributed by atoms with Crippen LogP contribution in [0.5, 0.6) is 5.88 Å². The average molecular weight is 222 g/mol. The van der Waals surface area contributed by atoms with Crippen LogP contribution in [0.3, 0.4) is 0 Å². The lowest BCUT2D eigenvalue weighted by molar-refractivity contribution is 0.402. The summed E-state index contributed by atoms with van der Waals surface area (Å²) in [5.74, 6) is 0.653. The number of pyridine rings is 1. The zero-order chi connectivity index (χ0) is 12.6. The van der Waals surface area contributed by atoms with Crippen molar-refractivity contribution in [2.75, 3.05) is 7.11 Å². The molecular formula is C13H22N2O. The van der Waals surface area contributed by atoms with E-state index in [9.17, 15) is 0 Å². The van der Waals surface area contributed by atoms with Crippen LogP contribution in [-0.2, 0) is 0 Å². The van der Waals surface area contributed by atoms with Crippen LogP contribution in [0.4, 0.5) is 0 Å². The third-order valence-corrected chi connectivity index (χ3v) is 1.95. The zero-order valence-electron chi connectivity index (χ0n) is 11.1. The van der Waals surface area contributed by atoms with Crippen LogP contribution in [0, 0.1) is 6.92 Å². The standard InChI is InChI=1S/C9H10N2O.2C2H6/c1-6-5-11-9(12-2)8-7(6)3-4-10-8;2*1-2/h3-5,10H,1-2H3;2*1-2H3. The minimum Gasteiger partial charge on any atom is -0.479 e. The SMILES string of the molecule is CC.CC.COc1ncc(C)c2cc[nH]c12. The van der Waals surface area contributed by atoms with Gasteiger partial charge in [0.15, 0.2) is 0 Å². The summed E-state index contributed by atoms with van der Waals surface area (Å²) in [5.41, 5.74) is 2.13. The van der Waals surface area contributed by atoms with Gasteiger partial charge in [-0.15, -0.1) is 0 Å². The molecule has 2 aromatic heterocycles. The summed E-state index contributed by atoms with van der Waals surface area (Å²) in [6, 6.07) is 2.02. The summed E-state index contributed by atoms with van der Waals surface area (Å²) >= 11 is 0. The molecule has 3 nitrogen and oxygen atoms in total. The molecule has 0 aliphatic rings. The van der Waals surface area contributed by atoms with Gasteiger partial charge in [-0.25, -0.2) is 4.98 Å². The number of ether oxygens (including phenoxy) is 1. The van der Waals surface area contributed by atoms with Gasteiger partial charge in [-0.2, -0.15) is 0 Å². The molecule has 0 saturated carbocycles. The summed E-state index contributed by atoms with van der Waals surface area (Å²) in [5, 5.41) is 1.17. The van der Waals surface area contributed by atoms with Gasteiger partial charge in [0.1, 0.15) is 5.52 Å².